The van der Waals surface area contributed by atoms with Gasteiger partial charge in [-0.05, 0) is 17.5 Å². The van der Waals surface area contributed by atoms with E-state index < -0.39 is 0 Å². The summed E-state index contributed by atoms with van der Waals surface area (Å²) in [5.41, 5.74) is 1.43. The number of nitriles is 1. The molecule has 0 fully saturated rings. The Balaban J connectivity index is 1.64. The van der Waals surface area contributed by atoms with Crippen molar-refractivity contribution in [2.75, 3.05) is 5.75 Å². The largest absolute Gasteiger partial charge is 0.346 e. The zero-order chi connectivity index (χ0) is 21.1. The minimum Gasteiger partial charge on any atom is -0.346 e. The molecule has 0 N–H and O–H groups in total. The molecule has 0 aliphatic rings. The van der Waals surface area contributed by atoms with Gasteiger partial charge in [0.25, 0.3) is 5.56 Å². The number of rotatable bonds is 8. The average molecular weight is 435 g/mol. The number of ketones is 1. The zero-order valence-electron chi connectivity index (χ0n) is 16.1. The van der Waals surface area contributed by atoms with Gasteiger partial charge in [0.15, 0.2) is 10.9 Å². The number of allylic oxidation sites excluding steroid dienone is 1. The maximum atomic E-state index is 13.1. The molecular weight excluding hydrogens is 416 g/mol. The van der Waals surface area contributed by atoms with Crippen molar-refractivity contribution in [3.05, 3.63) is 70.5 Å². The van der Waals surface area contributed by atoms with Crippen LogP contribution in [0.1, 0.15) is 16.8 Å². The lowest BCUT2D eigenvalue weighted by Gasteiger charge is -2.09. The quantitative estimate of drug-likeness (QED) is 0.177. The number of para-hydroxylation sites is 1. The second kappa shape index (κ2) is 8.69. The third kappa shape index (κ3) is 3.70. The van der Waals surface area contributed by atoms with E-state index in [0.717, 1.165) is 10.9 Å². The first-order valence-electron chi connectivity index (χ1n) is 9.33. The van der Waals surface area contributed by atoms with Gasteiger partial charge in [0.05, 0.1) is 23.6 Å². The van der Waals surface area contributed by atoms with Crippen LogP contribution in [0.2, 0.25) is 0 Å². The number of benzene rings is 1. The van der Waals surface area contributed by atoms with E-state index >= 15 is 0 Å². The highest BCUT2D eigenvalue weighted by Crippen LogP contribution is 2.26. The first-order valence-corrected chi connectivity index (χ1v) is 11.2. The minimum atomic E-state index is -0.121. The van der Waals surface area contributed by atoms with Crippen LogP contribution in [0.15, 0.2) is 64.5 Å². The summed E-state index contributed by atoms with van der Waals surface area (Å²) >= 11 is 2.67. The second-order valence-electron chi connectivity index (χ2n) is 6.61. The van der Waals surface area contributed by atoms with Crippen LogP contribution in [-0.2, 0) is 13.1 Å². The fraction of sp³-hybridized carbons (Fsp3) is 0.182. The highest BCUT2D eigenvalue weighted by Gasteiger charge is 2.18. The molecule has 4 aromatic rings. The summed E-state index contributed by atoms with van der Waals surface area (Å²) < 4.78 is 3.50. The third-order valence-electron chi connectivity index (χ3n) is 4.75. The highest BCUT2D eigenvalue weighted by atomic mass is 32.2. The molecule has 0 unspecified atom stereocenters. The predicted molar refractivity (Wildman–Crippen MR) is 121 cm³/mol. The summed E-state index contributed by atoms with van der Waals surface area (Å²) in [5, 5.41) is 12.7. The molecule has 0 atom stereocenters. The van der Waals surface area contributed by atoms with Crippen molar-refractivity contribution in [3.8, 4) is 6.07 Å². The van der Waals surface area contributed by atoms with Crippen LogP contribution in [0.3, 0.4) is 0 Å². The first kappa shape index (κ1) is 20.1. The van der Waals surface area contributed by atoms with E-state index in [2.05, 4.69) is 17.6 Å². The predicted octanol–water partition coefficient (Wildman–Crippen LogP) is 4.49. The number of thiophene rings is 1. The van der Waals surface area contributed by atoms with Gasteiger partial charge in [-0.1, -0.05) is 36.0 Å². The van der Waals surface area contributed by atoms with Crippen LogP contribution >= 0.6 is 23.1 Å². The summed E-state index contributed by atoms with van der Waals surface area (Å²) in [6, 6.07) is 11.6. The van der Waals surface area contributed by atoms with Crippen molar-refractivity contribution in [1.82, 2.24) is 14.1 Å². The second-order valence-corrected chi connectivity index (χ2v) is 8.45. The number of carbonyl (C=O) groups is 1. The molecule has 0 saturated carbocycles. The van der Waals surface area contributed by atoms with Crippen LogP contribution in [0.5, 0.6) is 0 Å². The Morgan fingerprint density at radius 3 is 2.93 bits per heavy atom. The fourth-order valence-electron chi connectivity index (χ4n) is 3.36. The maximum Gasteiger partial charge on any atom is 0.263 e. The number of hydrogen-bond donors (Lipinski definition) is 0. The normalized spacial score (nSPS) is 11.0. The van der Waals surface area contributed by atoms with Gasteiger partial charge in [0.2, 0.25) is 0 Å². The van der Waals surface area contributed by atoms with Gasteiger partial charge in [-0.15, -0.1) is 17.9 Å². The lowest BCUT2D eigenvalue weighted by atomic mass is 10.1. The van der Waals surface area contributed by atoms with E-state index in [1.54, 1.807) is 16.7 Å². The number of thioether (sulfide) groups is 1. The standard InChI is InChI=1S/C22H18N4O2S2/c1-2-10-26-21(28)16-8-12-29-20(16)24-22(26)30-14-19(27)17-13-25(11-5-9-23)18-7-4-3-6-15(17)18/h2-4,6-8,12-13H,1,5,10-11,14H2. The van der Waals surface area contributed by atoms with Gasteiger partial charge in [-0.2, -0.15) is 5.26 Å². The van der Waals surface area contributed by atoms with Crippen LogP contribution in [0.4, 0.5) is 0 Å². The van der Waals surface area contributed by atoms with Crippen molar-refractivity contribution in [1.29, 1.82) is 5.26 Å². The van der Waals surface area contributed by atoms with E-state index in [1.807, 2.05) is 40.4 Å². The van der Waals surface area contributed by atoms with Crippen LogP contribution < -0.4 is 5.56 Å². The van der Waals surface area contributed by atoms with Crippen molar-refractivity contribution >= 4 is 50.0 Å². The Bertz CT molecular complexity index is 1360. The molecule has 6 nitrogen and oxygen atoms in total. The summed E-state index contributed by atoms with van der Waals surface area (Å²) in [4.78, 5) is 31.1. The van der Waals surface area contributed by atoms with E-state index in [1.165, 1.54) is 23.1 Å². The van der Waals surface area contributed by atoms with Crippen molar-refractivity contribution < 1.29 is 4.79 Å². The van der Waals surface area contributed by atoms with Gasteiger partial charge in [0, 0.05) is 35.8 Å². The van der Waals surface area contributed by atoms with Gasteiger partial charge in [0.1, 0.15) is 4.83 Å². The van der Waals surface area contributed by atoms with Gasteiger partial charge in [-0.25, -0.2) is 4.98 Å². The lowest BCUT2D eigenvalue weighted by molar-refractivity contribution is 0.102. The van der Waals surface area contributed by atoms with Crippen LogP contribution in [0, 0.1) is 11.3 Å². The summed E-state index contributed by atoms with van der Waals surface area (Å²) in [6.45, 7) is 4.59. The van der Waals surface area contributed by atoms with Crippen molar-refractivity contribution in [3.63, 3.8) is 0 Å². The van der Waals surface area contributed by atoms with Gasteiger partial charge < -0.3 is 4.57 Å². The number of hydrogen-bond acceptors (Lipinski definition) is 6. The average Bonchev–Trinajstić information content (AvgIpc) is 3.38. The number of Topliss-reactive ketones (excluding diaryl/α,β-unsaturated/α-hetero) is 1. The molecule has 0 saturated heterocycles. The van der Waals surface area contributed by atoms with Gasteiger partial charge in [-0.3, -0.25) is 14.2 Å². The Labute approximate surface area is 181 Å². The molecule has 0 aliphatic heterocycles. The molecule has 0 spiro atoms. The highest BCUT2D eigenvalue weighted by molar-refractivity contribution is 7.99. The molecule has 0 aliphatic carbocycles. The fourth-order valence-corrected chi connectivity index (χ4v) is 5.06. The first-order chi connectivity index (χ1) is 14.6. The lowest BCUT2D eigenvalue weighted by Crippen LogP contribution is -2.22. The Morgan fingerprint density at radius 2 is 2.13 bits per heavy atom. The smallest absolute Gasteiger partial charge is 0.263 e. The zero-order valence-corrected chi connectivity index (χ0v) is 17.7. The van der Waals surface area contributed by atoms with Crippen LogP contribution in [-0.4, -0.2) is 25.7 Å². The summed E-state index contributed by atoms with van der Waals surface area (Å²) in [7, 11) is 0. The molecule has 4 rings (SSSR count). The van der Waals surface area contributed by atoms with Crippen molar-refractivity contribution in [2.45, 2.75) is 24.7 Å². The molecular formula is C22H18N4O2S2. The Kier molecular flexibility index (Phi) is 5.84. The monoisotopic (exact) mass is 434 g/mol. The molecule has 0 amide bonds. The van der Waals surface area contributed by atoms with E-state index in [9.17, 15) is 9.59 Å². The summed E-state index contributed by atoms with van der Waals surface area (Å²) in [5.74, 6) is 0.116. The van der Waals surface area contributed by atoms with E-state index in [4.69, 9.17) is 5.26 Å². The van der Waals surface area contributed by atoms with Crippen LogP contribution in [0.25, 0.3) is 21.1 Å². The maximum absolute atomic E-state index is 13.1. The number of fused-ring (bicyclic) bond motifs is 2. The van der Waals surface area contributed by atoms with E-state index in [0.29, 0.717) is 40.4 Å². The molecule has 150 valence electrons. The molecule has 8 heteroatoms. The summed E-state index contributed by atoms with van der Waals surface area (Å²) in [6.07, 6.45) is 3.84. The van der Waals surface area contributed by atoms with Gasteiger partial charge >= 0.3 is 0 Å². The van der Waals surface area contributed by atoms with Crippen molar-refractivity contribution in [2.24, 2.45) is 0 Å². The molecule has 0 bridgehead atoms. The molecule has 3 heterocycles. The molecule has 30 heavy (non-hydrogen) atoms. The molecule has 3 aromatic heterocycles. The number of aryl methyl sites for hydroxylation is 1. The molecule has 1 aromatic carbocycles. The SMILES string of the molecule is C=CCn1c(SCC(=O)c2cn(CCC#N)c3ccccc23)nc2sccc2c1=O. The third-order valence-corrected chi connectivity index (χ3v) is 6.53. The number of carbonyl (C=O) groups excluding carboxylic acids is 1. The number of nitrogens with zero attached hydrogens (tertiary/aromatic N) is 4. The molecule has 0 radical (unpaired) electrons. The minimum absolute atomic E-state index is 0.0439. The number of aromatic nitrogens is 3. The topological polar surface area (TPSA) is 80.7 Å². The Hall–Kier alpha value is -3.15. The van der Waals surface area contributed by atoms with E-state index in [-0.39, 0.29) is 17.1 Å². The Morgan fingerprint density at radius 1 is 1.30 bits per heavy atom.